The zero-order valence-electron chi connectivity index (χ0n) is 9.30. The summed E-state index contributed by atoms with van der Waals surface area (Å²) in [6.07, 6.45) is 0. The molecule has 7 heteroatoms. The Bertz CT molecular complexity index is 659. The van der Waals surface area contributed by atoms with E-state index in [2.05, 4.69) is 0 Å². The van der Waals surface area contributed by atoms with Crippen molar-refractivity contribution in [1.82, 2.24) is 0 Å². The van der Waals surface area contributed by atoms with Crippen molar-refractivity contribution in [3.8, 4) is 6.07 Å². The Labute approximate surface area is 118 Å². The van der Waals surface area contributed by atoms with Crippen molar-refractivity contribution in [2.24, 2.45) is 0 Å². The van der Waals surface area contributed by atoms with Gasteiger partial charge in [-0.1, -0.05) is 11.6 Å². The van der Waals surface area contributed by atoms with Crippen LogP contribution in [0.2, 0.25) is 10.2 Å². The molecule has 2 aromatic rings. The minimum Gasteiger partial charge on any atom is -0.438 e. The van der Waals surface area contributed by atoms with E-state index in [1.54, 1.807) is 0 Å². The summed E-state index contributed by atoms with van der Waals surface area (Å²) in [6.45, 7) is 0. The lowest BCUT2D eigenvalue weighted by atomic mass is 10.2. The maximum atomic E-state index is 11.9. The number of anilines is 1. The molecule has 5 nitrogen and oxygen atoms in total. The van der Waals surface area contributed by atoms with Gasteiger partial charge >= 0.3 is 5.91 Å². The first-order chi connectivity index (χ1) is 9.02. The number of nitriles is 1. The number of carbonyl (C=O) groups is 1. The van der Waals surface area contributed by atoms with Crippen LogP contribution in [-0.2, 0) is 0 Å². The summed E-state index contributed by atoms with van der Waals surface area (Å²) in [5.74, 6) is -1.12. The number of halogens is 2. The Hall–Kier alpha value is -2.00. The molecule has 0 unspecified atom stereocenters. The maximum Gasteiger partial charge on any atom is 0.319 e. The summed E-state index contributed by atoms with van der Waals surface area (Å²) in [6, 6.07) is 8.92. The molecule has 1 aromatic carbocycles. The molecule has 0 spiro atoms. The largest absolute Gasteiger partial charge is 0.438 e. The standard InChI is InChI=1S/C12H6Cl2N2O3/c13-9-5-10(14)19-11(9)12(17)16(18)8-3-1-7(6-15)2-4-8/h1-5,18H. The molecule has 0 radical (unpaired) electrons. The highest BCUT2D eigenvalue weighted by Gasteiger charge is 2.23. The molecule has 1 amide bonds. The van der Waals surface area contributed by atoms with Crippen LogP contribution in [0, 0.1) is 11.3 Å². The van der Waals surface area contributed by atoms with Crippen LogP contribution in [0.25, 0.3) is 0 Å². The van der Waals surface area contributed by atoms with E-state index in [0.29, 0.717) is 10.6 Å². The fourth-order valence-corrected chi connectivity index (χ4v) is 1.84. The minimum absolute atomic E-state index is 0.00250. The molecule has 1 aromatic heterocycles. The molecular formula is C12H6Cl2N2O3. The van der Waals surface area contributed by atoms with Gasteiger partial charge in [-0.3, -0.25) is 10.0 Å². The lowest BCUT2D eigenvalue weighted by Gasteiger charge is -2.13. The summed E-state index contributed by atoms with van der Waals surface area (Å²) in [4.78, 5) is 11.9. The van der Waals surface area contributed by atoms with Crippen LogP contribution in [0.15, 0.2) is 34.7 Å². The average Bonchev–Trinajstić information content (AvgIpc) is 2.76. The summed E-state index contributed by atoms with van der Waals surface area (Å²) in [7, 11) is 0. The van der Waals surface area contributed by atoms with Crippen molar-refractivity contribution < 1.29 is 14.4 Å². The highest BCUT2D eigenvalue weighted by Crippen LogP contribution is 2.26. The Kier molecular flexibility index (Phi) is 3.76. The smallest absolute Gasteiger partial charge is 0.319 e. The molecule has 0 bridgehead atoms. The molecule has 19 heavy (non-hydrogen) atoms. The Morgan fingerprint density at radius 2 is 1.95 bits per heavy atom. The van der Waals surface area contributed by atoms with Crippen molar-refractivity contribution in [3.63, 3.8) is 0 Å². The van der Waals surface area contributed by atoms with Crippen molar-refractivity contribution >= 4 is 34.8 Å². The van der Waals surface area contributed by atoms with Gasteiger partial charge < -0.3 is 4.42 Å². The number of amides is 1. The third kappa shape index (κ3) is 2.71. The second-order valence-electron chi connectivity index (χ2n) is 3.50. The molecule has 0 aliphatic rings. The van der Waals surface area contributed by atoms with Crippen LogP contribution in [0.5, 0.6) is 0 Å². The van der Waals surface area contributed by atoms with E-state index in [-0.39, 0.29) is 21.7 Å². The van der Waals surface area contributed by atoms with E-state index in [1.807, 2.05) is 6.07 Å². The Balaban J connectivity index is 2.28. The normalized spacial score (nSPS) is 10.0. The second-order valence-corrected chi connectivity index (χ2v) is 4.28. The minimum atomic E-state index is -0.860. The molecule has 0 aliphatic heterocycles. The number of hydrogen-bond donors (Lipinski definition) is 1. The van der Waals surface area contributed by atoms with Gasteiger partial charge in [0.1, 0.15) is 0 Å². The molecule has 96 valence electrons. The summed E-state index contributed by atoms with van der Waals surface area (Å²) >= 11 is 11.3. The lowest BCUT2D eigenvalue weighted by Crippen LogP contribution is -2.26. The maximum absolute atomic E-state index is 11.9. The monoisotopic (exact) mass is 296 g/mol. The third-order valence-corrected chi connectivity index (χ3v) is 2.75. The molecule has 0 saturated heterocycles. The molecule has 1 N–H and O–H groups in total. The van der Waals surface area contributed by atoms with Crippen LogP contribution in [0.4, 0.5) is 5.69 Å². The number of carbonyl (C=O) groups excluding carboxylic acids is 1. The van der Waals surface area contributed by atoms with E-state index in [4.69, 9.17) is 32.9 Å². The highest BCUT2D eigenvalue weighted by atomic mass is 35.5. The number of rotatable bonds is 2. The molecule has 0 atom stereocenters. The van der Waals surface area contributed by atoms with E-state index >= 15 is 0 Å². The first kappa shape index (κ1) is 13.4. The molecule has 0 fully saturated rings. The Morgan fingerprint density at radius 3 is 2.42 bits per heavy atom. The third-order valence-electron chi connectivity index (χ3n) is 2.28. The van der Waals surface area contributed by atoms with Crippen molar-refractivity contribution in [3.05, 3.63) is 51.9 Å². The summed E-state index contributed by atoms with van der Waals surface area (Å²) in [5.41, 5.74) is 0.580. The van der Waals surface area contributed by atoms with E-state index in [9.17, 15) is 10.0 Å². The molecule has 0 saturated carbocycles. The topological polar surface area (TPSA) is 77.5 Å². The Morgan fingerprint density at radius 1 is 1.32 bits per heavy atom. The zero-order chi connectivity index (χ0) is 14.0. The van der Waals surface area contributed by atoms with Gasteiger partial charge in [0, 0.05) is 6.07 Å². The number of hydroxylamine groups is 1. The fourth-order valence-electron chi connectivity index (χ4n) is 1.38. The van der Waals surface area contributed by atoms with E-state index in [1.165, 1.54) is 30.3 Å². The number of hydrogen-bond acceptors (Lipinski definition) is 4. The second kappa shape index (κ2) is 5.33. The highest BCUT2D eigenvalue weighted by molar-refractivity contribution is 6.36. The van der Waals surface area contributed by atoms with Gasteiger partial charge in [0.2, 0.25) is 5.76 Å². The number of nitrogens with zero attached hydrogens (tertiary/aromatic N) is 2. The van der Waals surface area contributed by atoms with E-state index in [0.717, 1.165) is 0 Å². The predicted molar refractivity (Wildman–Crippen MR) is 68.5 cm³/mol. The molecular weight excluding hydrogens is 291 g/mol. The van der Waals surface area contributed by atoms with Crippen LogP contribution in [0.1, 0.15) is 16.1 Å². The van der Waals surface area contributed by atoms with Crippen molar-refractivity contribution in [1.29, 1.82) is 5.26 Å². The predicted octanol–water partition coefficient (Wildman–Crippen LogP) is 3.49. The quantitative estimate of drug-likeness (QED) is 0.680. The van der Waals surface area contributed by atoms with Gasteiger partial charge in [-0.2, -0.15) is 10.3 Å². The SMILES string of the molecule is N#Cc1ccc(N(O)C(=O)c2oc(Cl)cc2Cl)cc1. The molecule has 0 aliphatic carbocycles. The fraction of sp³-hybridized carbons (Fsp3) is 0. The molecule has 2 rings (SSSR count). The van der Waals surface area contributed by atoms with Crippen molar-refractivity contribution in [2.75, 3.05) is 5.06 Å². The van der Waals surface area contributed by atoms with Crippen LogP contribution < -0.4 is 5.06 Å². The van der Waals surface area contributed by atoms with Gasteiger partial charge in [0.15, 0.2) is 5.22 Å². The van der Waals surface area contributed by atoms with Crippen LogP contribution in [0.3, 0.4) is 0 Å². The number of furan rings is 1. The first-order valence-electron chi connectivity index (χ1n) is 5.01. The van der Waals surface area contributed by atoms with Gasteiger partial charge in [-0.05, 0) is 35.9 Å². The van der Waals surface area contributed by atoms with Gasteiger partial charge in [-0.25, -0.2) is 0 Å². The van der Waals surface area contributed by atoms with Crippen molar-refractivity contribution in [2.45, 2.75) is 0 Å². The van der Waals surface area contributed by atoms with E-state index < -0.39 is 5.91 Å². The van der Waals surface area contributed by atoms with Crippen LogP contribution in [-0.4, -0.2) is 11.1 Å². The average molecular weight is 297 g/mol. The van der Waals surface area contributed by atoms with Gasteiger partial charge in [0.05, 0.1) is 22.3 Å². The van der Waals surface area contributed by atoms with Gasteiger partial charge in [-0.15, -0.1) is 0 Å². The molecule has 1 heterocycles. The van der Waals surface area contributed by atoms with Gasteiger partial charge in [0.25, 0.3) is 0 Å². The number of benzene rings is 1. The lowest BCUT2D eigenvalue weighted by molar-refractivity contribution is 0.0826. The summed E-state index contributed by atoms with van der Waals surface area (Å²) < 4.78 is 4.89. The first-order valence-corrected chi connectivity index (χ1v) is 5.77. The summed E-state index contributed by atoms with van der Waals surface area (Å²) in [5, 5.41) is 18.7. The zero-order valence-corrected chi connectivity index (χ0v) is 10.8. The van der Waals surface area contributed by atoms with Crippen LogP contribution >= 0.6 is 23.2 Å².